The van der Waals surface area contributed by atoms with Gasteiger partial charge in [-0.1, -0.05) is 55.8 Å². The van der Waals surface area contributed by atoms with Gasteiger partial charge in [-0.05, 0) is 77.1 Å². The second-order valence-electron chi connectivity index (χ2n) is 7.48. The first-order chi connectivity index (χ1) is 12.7. The third kappa shape index (κ3) is 3.25. The number of halogens is 2. The molecule has 0 saturated heterocycles. The molecule has 0 radical (unpaired) electrons. The molecule has 1 aliphatic carbocycles. The highest BCUT2D eigenvalue weighted by atomic mass is 19.2. The number of hydrogen-bond donors (Lipinski definition) is 0. The van der Waals surface area contributed by atoms with Crippen LogP contribution in [0.5, 0.6) is 0 Å². The van der Waals surface area contributed by atoms with Crippen LogP contribution in [0.4, 0.5) is 8.78 Å². The Morgan fingerprint density at radius 2 is 1.77 bits per heavy atom. The van der Waals surface area contributed by atoms with E-state index in [1.807, 2.05) is 0 Å². The first kappa shape index (κ1) is 17.2. The maximum absolute atomic E-state index is 14.0. The smallest absolute Gasteiger partial charge is 0.162 e. The topological polar surface area (TPSA) is 0 Å². The van der Waals surface area contributed by atoms with Crippen LogP contribution < -0.4 is 0 Å². The van der Waals surface area contributed by atoms with Crippen molar-refractivity contribution in [2.45, 2.75) is 51.4 Å². The lowest BCUT2D eigenvalue weighted by atomic mass is 9.79. The van der Waals surface area contributed by atoms with Crippen molar-refractivity contribution >= 4 is 10.8 Å². The van der Waals surface area contributed by atoms with E-state index in [-0.39, 0.29) is 0 Å². The van der Waals surface area contributed by atoms with E-state index in [9.17, 15) is 8.78 Å². The number of rotatable bonds is 4. The first-order valence-electron chi connectivity index (χ1n) is 9.64. The van der Waals surface area contributed by atoms with E-state index < -0.39 is 11.6 Å². The highest BCUT2D eigenvalue weighted by molar-refractivity contribution is 5.84. The fourth-order valence-corrected chi connectivity index (χ4v) is 4.17. The molecule has 26 heavy (non-hydrogen) atoms. The number of hydrogen-bond acceptors (Lipinski definition) is 0. The molecule has 0 saturated carbocycles. The summed E-state index contributed by atoms with van der Waals surface area (Å²) in [4.78, 5) is 0. The summed E-state index contributed by atoms with van der Waals surface area (Å²) < 4.78 is 27.4. The number of fused-ring (bicyclic) bond motifs is 2. The molecule has 0 aromatic heterocycles. The summed E-state index contributed by atoms with van der Waals surface area (Å²) in [7, 11) is 0. The molecule has 3 aromatic rings. The van der Waals surface area contributed by atoms with Crippen LogP contribution in [0.15, 0.2) is 48.5 Å². The van der Waals surface area contributed by atoms with E-state index in [0.717, 1.165) is 24.8 Å². The summed E-state index contributed by atoms with van der Waals surface area (Å²) in [5.74, 6) is -1.01. The third-order valence-corrected chi connectivity index (χ3v) is 5.72. The van der Waals surface area contributed by atoms with Gasteiger partial charge in [-0.25, -0.2) is 8.78 Å². The van der Waals surface area contributed by atoms with Crippen molar-refractivity contribution in [3.63, 3.8) is 0 Å². The minimum atomic E-state index is -0.730. The molecule has 0 aliphatic heterocycles. The second kappa shape index (κ2) is 7.19. The van der Waals surface area contributed by atoms with E-state index in [4.69, 9.17) is 0 Å². The van der Waals surface area contributed by atoms with Crippen LogP contribution in [0.2, 0.25) is 0 Å². The van der Waals surface area contributed by atoms with Crippen LogP contribution in [0, 0.1) is 11.6 Å². The standard InChI is InChI=1S/C24H24F2/c1-2-3-4-16-5-6-18-14-19(8-7-17(18)13-16)20-9-11-22-21(15-20)10-12-23(25)24(22)26/h5-8,10,12-14,20H,2-4,9,11,15H2,1H3. The van der Waals surface area contributed by atoms with Gasteiger partial charge in [-0.2, -0.15) is 0 Å². The molecular weight excluding hydrogens is 326 g/mol. The second-order valence-corrected chi connectivity index (χ2v) is 7.48. The van der Waals surface area contributed by atoms with Crippen molar-refractivity contribution in [3.05, 3.63) is 82.4 Å². The summed E-state index contributed by atoms with van der Waals surface area (Å²) in [5.41, 5.74) is 4.23. The van der Waals surface area contributed by atoms with Gasteiger partial charge in [0.2, 0.25) is 0 Å². The van der Waals surface area contributed by atoms with Crippen LogP contribution in [-0.2, 0) is 19.3 Å². The van der Waals surface area contributed by atoms with E-state index >= 15 is 0 Å². The van der Waals surface area contributed by atoms with Gasteiger partial charge in [0, 0.05) is 0 Å². The summed E-state index contributed by atoms with van der Waals surface area (Å²) in [6.45, 7) is 2.22. The van der Waals surface area contributed by atoms with Gasteiger partial charge in [-0.3, -0.25) is 0 Å². The highest BCUT2D eigenvalue weighted by Crippen LogP contribution is 2.35. The third-order valence-electron chi connectivity index (χ3n) is 5.72. The molecule has 4 rings (SSSR count). The Balaban J connectivity index is 1.60. The molecule has 2 heteroatoms. The Bertz CT molecular complexity index is 942. The predicted octanol–water partition coefficient (Wildman–Crippen LogP) is 6.73. The van der Waals surface area contributed by atoms with Crippen molar-refractivity contribution < 1.29 is 8.78 Å². The molecule has 0 nitrogen and oxygen atoms in total. The van der Waals surface area contributed by atoms with Crippen LogP contribution in [-0.4, -0.2) is 0 Å². The summed E-state index contributed by atoms with van der Waals surface area (Å²) in [6.07, 6.45) is 5.83. The minimum absolute atomic E-state index is 0.372. The minimum Gasteiger partial charge on any atom is -0.204 e. The van der Waals surface area contributed by atoms with Gasteiger partial charge in [0.1, 0.15) is 0 Å². The van der Waals surface area contributed by atoms with Gasteiger partial charge in [-0.15, -0.1) is 0 Å². The molecule has 134 valence electrons. The van der Waals surface area contributed by atoms with Gasteiger partial charge in [0.05, 0.1) is 0 Å². The molecule has 0 fully saturated rings. The Kier molecular flexibility index (Phi) is 4.76. The molecular formula is C24H24F2. The van der Waals surface area contributed by atoms with Gasteiger partial charge >= 0.3 is 0 Å². The van der Waals surface area contributed by atoms with E-state index in [1.54, 1.807) is 6.07 Å². The number of aryl methyl sites for hydroxylation is 1. The zero-order chi connectivity index (χ0) is 18.1. The Morgan fingerprint density at radius 3 is 2.62 bits per heavy atom. The molecule has 0 spiro atoms. The van der Waals surface area contributed by atoms with E-state index in [1.165, 1.54) is 40.8 Å². The largest absolute Gasteiger partial charge is 0.204 e. The first-order valence-corrected chi connectivity index (χ1v) is 9.64. The van der Waals surface area contributed by atoms with Gasteiger partial charge in [0.15, 0.2) is 11.6 Å². The van der Waals surface area contributed by atoms with Gasteiger partial charge < -0.3 is 0 Å². The lowest BCUT2D eigenvalue weighted by Crippen LogP contribution is -2.15. The average molecular weight is 350 g/mol. The Labute approximate surface area is 153 Å². The van der Waals surface area contributed by atoms with Crippen LogP contribution in [0.25, 0.3) is 10.8 Å². The van der Waals surface area contributed by atoms with E-state index in [0.29, 0.717) is 17.9 Å². The van der Waals surface area contributed by atoms with Crippen LogP contribution in [0.1, 0.15) is 54.4 Å². The summed E-state index contributed by atoms with van der Waals surface area (Å²) >= 11 is 0. The predicted molar refractivity (Wildman–Crippen MR) is 104 cm³/mol. The monoisotopic (exact) mass is 350 g/mol. The lowest BCUT2D eigenvalue weighted by molar-refractivity contribution is 0.478. The van der Waals surface area contributed by atoms with Crippen molar-refractivity contribution in [1.29, 1.82) is 0 Å². The normalized spacial score (nSPS) is 16.7. The van der Waals surface area contributed by atoms with Crippen molar-refractivity contribution in [3.8, 4) is 0 Å². The van der Waals surface area contributed by atoms with Crippen molar-refractivity contribution in [1.82, 2.24) is 0 Å². The summed E-state index contributed by atoms with van der Waals surface area (Å²) in [6, 6.07) is 16.4. The van der Waals surface area contributed by atoms with Crippen LogP contribution in [0.3, 0.4) is 0 Å². The Hall–Kier alpha value is -2.22. The SMILES string of the molecule is CCCCc1ccc2cc(C3CCc4c(ccc(F)c4F)C3)ccc2c1. The fourth-order valence-electron chi connectivity index (χ4n) is 4.17. The average Bonchev–Trinajstić information content (AvgIpc) is 2.68. The summed E-state index contributed by atoms with van der Waals surface area (Å²) in [5, 5.41) is 2.55. The maximum atomic E-state index is 14.0. The highest BCUT2D eigenvalue weighted by Gasteiger charge is 2.24. The quantitative estimate of drug-likeness (QED) is 0.489. The Morgan fingerprint density at radius 1 is 0.962 bits per heavy atom. The molecule has 0 heterocycles. The molecule has 1 aliphatic rings. The number of unbranched alkanes of at least 4 members (excludes halogenated alkanes) is 1. The van der Waals surface area contributed by atoms with Gasteiger partial charge in [0.25, 0.3) is 0 Å². The lowest BCUT2D eigenvalue weighted by Gasteiger charge is -2.25. The van der Waals surface area contributed by atoms with Crippen molar-refractivity contribution in [2.75, 3.05) is 0 Å². The molecule has 3 aromatic carbocycles. The molecule has 0 bridgehead atoms. The number of benzene rings is 3. The zero-order valence-electron chi connectivity index (χ0n) is 15.2. The maximum Gasteiger partial charge on any atom is 0.162 e. The van der Waals surface area contributed by atoms with Crippen LogP contribution >= 0.6 is 0 Å². The molecule has 1 atom stereocenters. The molecule has 0 N–H and O–H groups in total. The molecule has 1 unspecified atom stereocenters. The van der Waals surface area contributed by atoms with E-state index in [2.05, 4.69) is 43.3 Å². The molecule has 0 amide bonds. The van der Waals surface area contributed by atoms with Crippen molar-refractivity contribution in [2.24, 2.45) is 0 Å². The zero-order valence-corrected chi connectivity index (χ0v) is 15.2. The fraction of sp³-hybridized carbons (Fsp3) is 0.333.